The standard InChI is InChI=1S/C17H19ClN2O2/c1-11-6-5-9-13(10-11)20-16(21)14(18)15(17(20)22)19-12-7-3-2-4-8-12/h5-6,9-10,12,19H,2-4,7-8H2,1H3. The smallest absolute Gasteiger partial charge is 0.283 e. The number of benzene rings is 1. The van der Waals surface area contributed by atoms with Gasteiger partial charge >= 0.3 is 0 Å². The van der Waals surface area contributed by atoms with Crippen LogP contribution in [0.3, 0.4) is 0 Å². The van der Waals surface area contributed by atoms with E-state index in [1.54, 1.807) is 6.07 Å². The third-order valence-electron chi connectivity index (χ3n) is 4.24. The highest BCUT2D eigenvalue weighted by Gasteiger charge is 2.39. The van der Waals surface area contributed by atoms with Gasteiger partial charge in [-0.3, -0.25) is 9.59 Å². The van der Waals surface area contributed by atoms with Crippen LogP contribution in [0.15, 0.2) is 35.0 Å². The van der Waals surface area contributed by atoms with Gasteiger partial charge in [-0.25, -0.2) is 4.90 Å². The number of amides is 2. The first-order valence-corrected chi connectivity index (χ1v) is 8.07. The highest BCUT2D eigenvalue weighted by molar-refractivity contribution is 6.52. The van der Waals surface area contributed by atoms with Crippen LogP contribution in [0.4, 0.5) is 5.69 Å². The van der Waals surface area contributed by atoms with Crippen LogP contribution < -0.4 is 10.2 Å². The van der Waals surface area contributed by atoms with E-state index in [2.05, 4.69) is 5.32 Å². The van der Waals surface area contributed by atoms with Crippen molar-refractivity contribution in [2.24, 2.45) is 0 Å². The second-order valence-electron chi connectivity index (χ2n) is 5.95. The van der Waals surface area contributed by atoms with Crippen molar-refractivity contribution < 1.29 is 9.59 Å². The van der Waals surface area contributed by atoms with Crippen molar-refractivity contribution in [3.05, 3.63) is 40.6 Å². The normalized spacial score (nSPS) is 20.0. The number of nitrogens with one attached hydrogen (secondary N) is 1. The quantitative estimate of drug-likeness (QED) is 0.870. The summed E-state index contributed by atoms with van der Waals surface area (Å²) in [6.45, 7) is 1.92. The maximum absolute atomic E-state index is 12.6. The Bertz CT molecular complexity index is 648. The molecule has 0 atom stereocenters. The number of aryl methyl sites for hydroxylation is 1. The number of anilines is 1. The molecule has 1 aromatic rings. The van der Waals surface area contributed by atoms with E-state index in [9.17, 15) is 9.59 Å². The van der Waals surface area contributed by atoms with Crippen molar-refractivity contribution in [1.29, 1.82) is 0 Å². The lowest BCUT2D eigenvalue weighted by atomic mass is 9.95. The molecule has 1 heterocycles. The molecule has 1 aliphatic carbocycles. The van der Waals surface area contributed by atoms with Gasteiger partial charge in [0, 0.05) is 6.04 Å². The Morgan fingerprint density at radius 3 is 2.55 bits per heavy atom. The minimum atomic E-state index is -0.449. The fraction of sp³-hybridized carbons (Fsp3) is 0.412. The lowest BCUT2D eigenvalue weighted by Crippen LogP contribution is -2.37. The van der Waals surface area contributed by atoms with E-state index in [1.165, 1.54) is 6.42 Å². The highest BCUT2D eigenvalue weighted by atomic mass is 35.5. The zero-order valence-electron chi connectivity index (χ0n) is 12.6. The maximum atomic E-state index is 12.6. The summed E-state index contributed by atoms with van der Waals surface area (Å²) >= 11 is 6.13. The Labute approximate surface area is 135 Å². The Morgan fingerprint density at radius 2 is 1.86 bits per heavy atom. The number of carbonyl (C=O) groups is 2. The molecule has 116 valence electrons. The molecule has 0 aromatic heterocycles. The summed E-state index contributed by atoms with van der Waals surface area (Å²) in [5.41, 5.74) is 1.80. The monoisotopic (exact) mass is 318 g/mol. The van der Waals surface area contributed by atoms with Crippen LogP contribution in [0.2, 0.25) is 0 Å². The first-order chi connectivity index (χ1) is 10.6. The van der Waals surface area contributed by atoms with Crippen molar-refractivity contribution in [3.63, 3.8) is 0 Å². The third-order valence-corrected chi connectivity index (χ3v) is 4.59. The summed E-state index contributed by atoms with van der Waals surface area (Å²) in [5.74, 6) is -0.804. The number of halogens is 1. The molecule has 0 radical (unpaired) electrons. The topological polar surface area (TPSA) is 49.4 Å². The van der Waals surface area contributed by atoms with E-state index >= 15 is 0 Å². The molecule has 1 aromatic carbocycles. The predicted octanol–water partition coefficient (Wildman–Crippen LogP) is 3.24. The summed E-state index contributed by atoms with van der Waals surface area (Å²) in [6, 6.07) is 7.53. The summed E-state index contributed by atoms with van der Waals surface area (Å²) in [6.07, 6.45) is 5.55. The van der Waals surface area contributed by atoms with E-state index in [1.807, 2.05) is 25.1 Å². The maximum Gasteiger partial charge on any atom is 0.283 e. The molecule has 22 heavy (non-hydrogen) atoms. The zero-order valence-corrected chi connectivity index (χ0v) is 13.3. The Kier molecular flexibility index (Phi) is 4.21. The molecule has 3 rings (SSSR count). The highest BCUT2D eigenvalue weighted by Crippen LogP contribution is 2.30. The van der Waals surface area contributed by atoms with Gasteiger partial charge in [0.25, 0.3) is 11.8 Å². The Balaban J connectivity index is 1.83. The number of nitrogens with zero attached hydrogens (tertiary/aromatic N) is 1. The fourth-order valence-corrected chi connectivity index (χ4v) is 3.30. The summed E-state index contributed by atoms with van der Waals surface area (Å²) in [4.78, 5) is 26.1. The molecule has 1 saturated carbocycles. The SMILES string of the molecule is Cc1cccc(N2C(=O)C(Cl)=C(NC3CCCCC3)C2=O)c1. The van der Waals surface area contributed by atoms with Gasteiger partial charge in [0.1, 0.15) is 10.7 Å². The lowest BCUT2D eigenvalue weighted by Gasteiger charge is -2.24. The Hall–Kier alpha value is -1.81. The van der Waals surface area contributed by atoms with Crippen molar-refractivity contribution in [3.8, 4) is 0 Å². The van der Waals surface area contributed by atoms with E-state index in [0.717, 1.165) is 36.1 Å². The van der Waals surface area contributed by atoms with Crippen molar-refractivity contribution in [1.82, 2.24) is 5.32 Å². The van der Waals surface area contributed by atoms with Gasteiger partial charge in [-0.15, -0.1) is 0 Å². The van der Waals surface area contributed by atoms with E-state index in [0.29, 0.717) is 5.69 Å². The van der Waals surface area contributed by atoms with E-state index in [4.69, 9.17) is 11.6 Å². The number of rotatable bonds is 3. The zero-order chi connectivity index (χ0) is 15.7. The van der Waals surface area contributed by atoms with Gasteiger partial charge in [-0.1, -0.05) is 43.0 Å². The molecule has 2 amide bonds. The molecule has 4 nitrogen and oxygen atoms in total. The van der Waals surface area contributed by atoms with Crippen LogP contribution in [0.25, 0.3) is 0 Å². The molecule has 0 saturated heterocycles. The molecule has 0 spiro atoms. The van der Waals surface area contributed by atoms with Crippen molar-refractivity contribution >= 4 is 29.1 Å². The predicted molar refractivity (Wildman–Crippen MR) is 86.6 cm³/mol. The minimum absolute atomic E-state index is 0.00270. The van der Waals surface area contributed by atoms with Crippen molar-refractivity contribution in [2.75, 3.05) is 4.90 Å². The molecular weight excluding hydrogens is 300 g/mol. The van der Waals surface area contributed by atoms with Crippen molar-refractivity contribution in [2.45, 2.75) is 45.1 Å². The first-order valence-electron chi connectivity index (χ1n) is 7.69. The van der Waals surface area contributed by atoms with Gasteiger partial charge in [0.05, 0.1) is 5.69 Å². The number of imide groups is 1. The average molecular weight is 319 g/mol. The molecule has 2 aliphatic rings. The fourth-order valence-electron chi connectivity index (χ4n) is 3.08. The average Bonchev–Trinajstić information content (AvgIpc) is 2.72. The van der Waals surface area contributed by atoms with Gasteiger partial charge in [0.15, 0.2) is 0 Å². The molecule has 0 bridgehead atoms. The third kappa shape index (κ3) is 2.75. The second kappa shape index (κ2) is 6.13. The largest absolute Gasteiger partial charge is 0.376 e. The lowest BCUT2D eigenvalue weighted by molar-refractivity contribution is -0.120. The molecule has 1 fully saturated rings. The second-order valence-corrected chi connectivity index (χ2v) is 6.33. The summed E-state index contributed by atoms with van der Waals surface area (Å²) in [5, 5.41) is 3.20. The molecule has 1 N–H and O–H groups in total. The first kappa shape index (κ1) is 15.1. The molecule has 1 aliphatic heterocycles. The summed E-state index contributed by atoms with van der Waals surface area (Å²) in [7, 11) is 0. The van der Waals surface area contributed by atoms with Crippen LogP contribution in [0.5, 0.6) is 0 Å². The van der Waals surface area contributed by atoms with Gasteiger partial charge in [0.2, 0.25) is 0 Å². The van der Waals surface area contributed by atoms with E-state index in [-0.39, 0.29) is 22.7 Å². The van der Waals surface area contributed by atoms with Crippen LogP contribution in [0.1, 0.15) is 37.7 Å². The number of carbonyl (C=O) groups excluding carboxylic acids is 2. The van der Waals surface area contributed by atoms with Gasteiger partial charge < -0.3 is 5.32 Å². The van der Waals surface area contributed by atoms with Crippen LogP contribution >= 0.6 is 11.6 Å². The number of hydrogen-bond acceptors (Lipinski definition) is 3. The van der Waals surface area contributed by atoms with E-state index < -0.39 is 5.91 Å². The minimum Gasteiger partial charge on any atom is -0.376 e. The van der Waals surface area contributed by atoms with Gasteiger partial charge in [-0.05, 0) is 37.5 Å². The van der Waals surface area contributed by atoms with Crippen LogP contribution in [-0.2, 0) is 9.59 Å². The molecule has 0 unspecified atom stereocenters. The molecular formula is C17H19ClN2O2. The van der Waals surface area contributed by atoms with Gasteiger partial charge in [-0.2, -0.15) is 0 Å². The number of hydrogen-bond donors (Lipinski definition) is 1. The molecule has 5 heteroatoms. The Morgan fingerprint density at radius 1 is 1.14 bits per heavy atom. The summed E-state index contributed by atoms with van der Waals surface area (Å²) < 4.78 is 0. The van der Waals surface area contributed by atoms with Crippen LogP contribution in [0, 0.1) is 6.92 Å². The van der Waals surface area contributed by atoms with Crippen LogP contribution in [-0.4, -0.2) is 17.9 Å².